The maximum atomic E-state index is 7.19. The van der Waals surface area contributed by atoms with Crippen LogP contribution < -0.4 is 4.74 Å². The molecule has 12 rings (SSSR count). The summed E-state index contributed by atoms with van der Waals surface area (Å²) in [5, 5.41) is 2.16. The van der Waals surface area contributed by atoms with Crippen molar-refractivity contribution in [3.63, 3.8) is 0 Å². The number of benzene rings is 8. The van der Waals surface area contributed by atoms with Crippen molar-refractivity contribution in [2.24, 2.45) is 0 Å². The Bertz CT molecular complexity index is 3160. The van der Waals surface area contributed by atoms with Crippen LogP contribution in [0.2, 0.25) is 0 Å². The molecule has 3 heterocycles. The fourth-order valence-corrected chi connectivity index (χ4v) is 9.32. The molecule has 57 heavy (non-hydrogen) atoms. The number of ether oxygens (including phenoxy) is 1. The predicted octanol–water partition coefficient (Wildman–Crippen LogP) is 12.4. The van der Waals surface area contributed by atoms with E-state index in [9.17, 15) is 0 Å². The lowest BCUT2D eigenvalue weighted by Crippen LogP contribution is -2.32. The van der Waals surface area contributed by atoms with Gasteiger partial charge in [0.15, 0.2) is 17.4 Å². The van der Waals surface area contributed by atoms with Crippen molar-refractivity contribution in [1.82, 2.24) is 19.5 Å². The molecule has 0 fully saturated rings. The Morgan fingerprint density at radius 3 is 1.61 bits per heavy atom. The van der Waals surface area contributed by atoms with Crippen LogP contribution in [-0.2, 0) is 5.41 Å². The van der Waals surface area contributed by atoms with E-state index in [1.54, 1.807) is 0 Å². The van der Waals surface area contributed by atoms with Crippen molar-refractivity contribution in [3.8, 4) is 62.5 Å². The molecule has 1 spiro atoms. The average molecular weight is 729 g/mol. The Morgan fingerprint density at radius 1 is 0.386 bits per heavy atom. The molecule has 8 aromatic carbocycles. The molecule has 2 aliphatic rings. The Balaban J connectivity index is 1.16. The predicted molar refractivity (Wildman–Crippen MR) is 228 cm³/mol. The SMILES string of the molecule is c1ccc(-c2ccc(-c3nc(-c4ccccc4)nc(-n4c5ccccc5c5ccc6c(c54)Oc4ccccc4C64c5ccccc5-c5ccccc54)n3)cc2)cc1. The second-order valence-electron chi connectivity index (χ2n) is 14.7. The fourth-order valence-electron chi connectivity index (χ4n) is 9.32. The molecule has 10 aromatic rings. The first-order chi connectivity index (χ1) is 28.3. The molecule has 0 amide bonds. The van der Waals surface area contributed by atoms with Crippen molar-refractivity contribution in [1.29, 1.82) is 0 Å². The number of rotatable bonds is 4. The maximum Gasteiger partial charge on any atom is 0.238 e. The van der Waals surface area contributed by atoms with Crippen LogP contribution in [0.15, 0.2) is 194 Å². The van der Waals surface area contributed by atoms with E-state index in [1.165, 1.54) is 22.3 Å². The largest absolute Gasteiger partial charge is 0.454 e. The number of hydrogen-bond acceptors (Lipinski definition) is 4. The van der Waals surface area contributed by atoms with Gasteiger partial charge in [-0.3, -0.25) is 4.57 Å². The average Bonchev–Trinajstić information content (AvgIpc) is 3.78. The van der Waals surface area contributed by atoms with Crippen LogP contribution in [0.3, 0.4) is 0 Å². The van der Waals surface area contributed by atoms with Crippen molar-refractivity contribution < 1.29 is 4.74 Å². The minimum absolute atomic E-state index is 0.523. The van der Waals surface area contributed by atoms with E-state index in [1.807, 2.05) is 36.4 Å². The smallest absolute Gasteiger partial charge is 0.238 e. The third-order valence-corrected chi connectivity index (χ3v) is 11.8. The summed E-state index contributed by atoms with van der Waals surface area (Å²) in [6.07, 6.45) is 0. The summed E-state index contributed by atoms with van der Waals surface area (Å²) in [7, 11) is 0. The van der Waals surface area contributed by atoms with E-state index in [0.717, 1.165) is 66.7 Å². The zero-order chi connectivity index (χ0) is 37.5. The number of fused-ring (bicyclic) bond motifs is 13. The molecule has 0 unspecified atom stereocenters. The molecule has 0 radical (unpaired) electrons. The maximum absolute atomic E-state index is 7.19. The molecule has 0 atom stereocenters. The fraction of sp³-hybridized carbons (Fsp3) is 0.0192. The highest BCUT2D eigenvalue weighted by Crippen LogP contribution is 2.63. The Kier molecular flexibility index (Phi) is 6.78. The zero-order valence-electron chi connectivity index (χ0n) is 30.7. The van der Waals surface area contributed by atoms with Gasteiger partial charge in [0.05, 0.1) is 10.9 Å². The van der Waals surface area contributed by atoms with Gasteiger partial charge in [0.1, 0.15) is 11.3 Å². The van der Waals surface area contributed by atoms with Gasteiger partial charge in [-0.1, -0.05) is 182 Å². The first kappa shape index (κ1) is 31.7. The van der Waals surface area contributed by atoms with Crippen LogP contribution in [0.4, 0.5) is 0 Å². The lowest BCUT2D eigenvalue weighted by Gasteiger charge is -2.39. The Hall–Kier alpha value is -7.63. The molecule has 0 saturated heterocycles. The minimum atomic E-state index is -0.604. The van der Waals surface area contributed by atoms with Gasteiger partial charge in [-0.15, -0.1) is 0 Å². The number of para-hydroxylation sites is 2. The van der Waals surface area contributed by atoms with Gasteiger partial charge in [0, 0.05) is 33.0 Å². The Morgan fingerprint density at radius 2 is 0.912 bits per heavy atom. The highest BCUT2D eigenvalue weighted by molar-refractivity contribution is 6.12. The van der Waals surface area contributed by atoms with Gasteiger partial charge in [-0.2, -0.15) is 9.97 Å². The molecule has 0 bridgehead atoms. The van der Waals surface area contributed by atoms with Gasteiger partial charge < -0.3 is 4.74 Å². The van der Waals surface area contributed by atoms with Crippen molar-refractivity contribution in [2.75, 3.05) is 0 Å². The molecule has 1 aliphatic carbocycles. The molecular formula is C52H32N4O. The summed E-state index contributed by atoms with van der Waals surface area (Å²) in [6.45, 7) is 0. The second kappa shape index (κ2) is 12.2. The topological polar surface area (TPSA) is 52.8 Å². The minimum Gasteiger partial charge on any atom is -0.454 e. The molecule has 266 valence electrons. The molecular weight excluding hydrogens is 697 g/mol. The van der Waals surface area contributed by atoms with Crippen molar-refractivity contribution >= 4 is 21.8 Å². The van der Waals surface area contributed by atoms with Crippen LogP contribution in [0, 0.1) is 0 Å². The Labute approximate surface area is 329 Å². The first-order valence-electron chi connectivity index (χ1n) is 19.3. The van der Waals surface area contributed by atoms with Crippen molar-refractivity contribution in [2.45, 2.75) is 5.41 Å². The summed E-state index contributed by atoms with van der Waals surface area (Å²) < 4.78 is 9.38. The molecule has 0 saturated carbocycles. The van der Waals surface area contributed by atoms with E-state index >= 15 is 0 Å². The van der Waals surface area contributed by atoms with Crippen LogP contribution in [0.1, 0.15) is 22.3 Å². The normalized spacial score (nSPS) is 13.2. The van der Waals surface area contributed by atoms with Gasteiger partial charge in [0.25, 0.3) is 0 Å². The number of nitrogens with zero attached hydrogens (tertiary/aromatic N) is 4. The summed E-state index contributed by atoms with van der Waals surface area (Å²) in [5.74, 6) is 3.34. The molecule has 1 aliphatic heterocycles. The first-order valence-corrected chi connectivity index (χ1v) is 19.3. The summed E-state index contributed by atoms with van der Waals surface area (Å²) >= 11 is 0. The van der Waals surface area contributed by atoms with Gasteiger partial charge in [-0.25, -0.2) is 4.98 Å². The van der Waals surface area contributed by atoms with E-state index in [4.69, 9.17) is 19.7 Å². The third kappa shape index (κ3) is 4.54. The molecule has 0 N–H and O–H groups in total. The molecule has 5 heteroatoms. The van der Waals surface area contributed by atoms with E-state index in [2.05, 4.69) is 162 Å². The quantitative estimate of drug-likeness (QED) is 0.181. The van der Waals surface area contributed by atoms with E-state index in [-0.39, 0.29) is 0 Å². The second-order valence-corrected chi connectivity index (χ2v) is 14.7. The number of aromatic nitrogens is 4. The van der Waals surface area contributed by atoms with Gasteiger partial charge in [-0.05, 0) is 45.5 Å². The lowest BCUT2D eigenvalue weighted by atomic mass is 9.66. The highest BCUT2D eigenvalue weighted by Gasteiger charge is 2.51. The van der Waals surface area contributed by atoms with Crippen molar-refractivity contribution in [3.05, 3.63) is 216 Å². The van der Waals surface area contributed by atoms with Crippen LogP contribution in [0.5, 0.6) is 11.5 Å². The third-order valence-electron chi connectivity index (χ3n) is 11.8. The summed E-state index contributed by atoms with van der Waals surface area (Å²) in [6, 6.07) is 68.2. The van der Waals surface area contributed by atoms with Gasteiger partial charge in [0.2, 0.25) is 5.95 Å². The monoisotopic (exact) mass is 728 g/mol. The van der Waals surface area contributed by atoms with Crippen LogP contribution >= 0.6 is 0 Å². The summed E-state index contributed by atoms with van der Waals surface area (Å²) in [4.78, 5) is 15.7. The van der Waals surface area contributed by atoms with E-state index < -0.39 is 5.41 Å². The van der Waals surface area contributed by atoms with Crippen LogP contribution in [0.25, 0.3) is 72.8 Å². The molecule has 5 nitrogen and oxygen atoms in total. The lowest BCUT2D eigenvalue weighted by molar-refractivity contribution is 0.440. The zero-order valence-corrected chi connectivity index (χ0v) is 30.7. The highest BCUT2D eigenvalue weighted by atomic mass is 16.5. The summed E-state index contributed by atoms with van der Waals surface area (Å²) in [5.41, 5.74) is 12.6. The number of hydrogen-bond donors (Lipinski definition) is 0. The molecule has 2 aromatic heterocycles. The standard InChI is InChI=1S/C52H32N4O/c1-3-15-33(16-4-1)34-27-29-36(30-28-34)50-53-49(35-17-5-2-6-18-35)54-51(55-50)56-45-25-13-9-21-39(45)40-31-32-44-48(47(40)56)57-46-26-14-12-24-43(46)52(44)41-22-10-7-19-37(41)38-20-8-11-23-42(38)52/h1-32H. The van der Waals surface area contributed by atoms with E-state index in [0.29, 0.717) is 17.6 Å². The van der Waals surface area contributed by atoms with Gasteiger partial charge >= 0.3 is 0 Å². The van der Waals surface area contributed by atoms with Crippen LogP contribution in [-0.4, -0.2) is 19.5 Å².